The summed E-state index contributed by atoms with van der Waals surface area (Å²) in [4.78, 5) is 51.4. The van der Waals surface area contributed by atoms with Crippen LogP contribution in [0.4, 0.5) is 0 Å². The molecule has 4 fully saturated rings. The van der Waals surface area contributed by atoms with Crippen molar-refractivity contribution in [1.29, 1.82) is 0 Å². The molecule has 0 amide bonds. The van der Waals surface area contributed by atoms with Gasteiger partial charge in [0.25, 0.3) is 0 Å². The van der Waals surface area contributed by atoms with Gasteiger partial charge < -0.3 is 36.1 Å². The zero-order valence-corrected chi connectivity index (χ0v) is 31.3. The molecule has 4 saturated carbocycles. The Kier molecular flexibility index (Phi) is 15.0. The van der Waals surface area contributed by atoms with Crippen LogP contribution in [0.5, 0.6) is 0 Å². The van der Waals surface area contributed by atoms with Crippen molar-refractivity contribution in [3.8, 4) is 0 Å². The van der Waals surface area contributed by atoms with Gasteiger partial charge in [0, 0.05) is 37.4 Å². The lowest BCUT2D eigenvalue weighted by Gasteiger charge is -2.64. The number of hydrogen-bond acceptors (Lipinski definition) is 11. The van der Waals surface area contributed by atoms with Crippen LogP contribution >= 0.6 is 0 Å². The van der Waals surface area contributed by atoms with Gasteiger partial charge in [-0.2, -0.15) is 0 Å². The van der Waals surface area contributed by atoms with E-state index >= 15 is 0 Å². The molecular formula is C39H67N3O8. The van der Waals surface area contributed by atoms with Gasteiger partial charge in [-0.15, -0.1) is 0 Å². The van der Waals surface area contributed by atoms with Crippen molar-refractivity contribution in [2.24, 2.45) is 63.5 Å². The molecule has 0 heterocycles. The van der Waals surface area contributed by atoms with Crippen LogP contribution in [0.15, 0.2) is 0 Å². The van der Waals surface area contributed by atoms with Crippen LogP contribution in [0.1, 0.15) is 130 Å². The zero-order chi connectivity index (χ0) is 36.5. The summed E-state index contributed by atoms with van der Waals surface area (Å²) in [6.45, 7) is 10.2. The smallest absolute Gasteiger partial charge is 0.307 e. The van der Waals surface area contributed by atoms with E-state index in [1.807, 2.05) is 0 Å². The lowest BCUT2D eigenvalue weighted by atomic mass is 9.43. The largest absolute Gasteiger partial charge is 0.466 e. The Morgan fingerprint density at radius 3 is 2.06 bits per heavy atom. The average molecular weight is 706 g/mol. The van der Waals surface area contributed by atoms with E-state index in [4.69, 9.17) is 36.1 Å². The first kappa shape index (κ1) is 40.5. The summed E-state index contributed by atoms with van der Waals surface area (Å²) >= 11 is 0. The fourth-order valence-corrected chi connectivity index (χ4v) is 10.8. The van der Waals surface area contributed by atoms with Gasteiger partial charge in [-0.3, -0.25) is 19.2 Å². The van der Waals surface area contributed by atoms with E-state index in [9.17, 15) is 19.2 Å². The Hall–Kier alpha value is -2.24. The Bertz CT molecular complexity index is 1150. The molecule has 0 saturated heterocycles. The van der Waals surface area contributed by atoms with Crippen molar-refractivity contribution in [2.75, 3.05) is 26.2 Å². The molecule has 0 bridgehead atoms. The van der Waals surface area contributed by atoms with Crippen LogP contribution in [-0.4, -0.2) is 68.4 Å². The average Bonchev–Trinajstić information content (AvgIpc) is 3.43. The number of rotatable bonds is 18. The van der Waals surface area contributed by atoms with Gasteiger partial charge in [0.1, 0.15) is 18.3 Å². The van der Waals surface area contributed by atoms with Crippen LogP contribution in [0.2, 0.25) is 0 Å². The summed E-state index contributed by atoms with van der Waals surface area (Å²) in [6.07, 6.45) is 10.6. The maximum absolute atomic E-state index is 13.2. The van der Waals surface area contributed by atoms with Gasteiger partial charge in [0.2, 0.25) is 0 Å². The third kappa shape index (κ3) is 9.21. The number of carbonyl (C=O) groups excluding carboxylic acids is 4. The van der Waals surface area contributed by atoms with Crippen molar-refractivity contribution in [2.45, 2.75) is 149 Å². The van der Waals surface area contributed by atoms with Crippen molar-refractivity contribution in [3.05, 3.63) is 0 Å². The second kappa shape index (κ2) is 18.5. The number of nitrogens with two attached hydrogens (primary N) is 3. The van der Waals surface area contributed by atoms with Gasteiger partial charge in [0.05, 0.1) is 25.9 Å². The summed E-state index contributed by atoms with van der Waals surface area (Å²) in [5.41, 5.74) is 16.7. The summed E-state index contributed by atoms with van der Waals surface area (Å²) in [5, 5.41) is 0. The van der Waals surface area contributed by atoms with E-state index in [1.54, 1.807) is 0 Å². The van der Waals surface area contributed by atoms with Crippen LogP contribution in [0.25, 0.3) is 0 Å². The normalized spacial score (nSPS) is 35.2. The lowest BCUT2D eigenvalue weighted by Crippen LogP contribution is -2.63. The van der Waals surface area contributed by atoms with Gasteiger partial charge in [-0.1, -0.05) is 47.0 Å². The highest BCUT2D eigenvalue weighted by atomic mass is 16.6. The summed E-state index contributed by atoms with van der Waals surface area (Å²) in [5.74, 6) is -0.00890. The molecule has 0 radical (unpaired) electrons. The maximum Gasteiger partial charge on any atom is 0.307 e. The number of esters is 4. The second-order valence-corrected chi connectivity index (χ2v) is 16.3. The molecule has 0 spiro atoms. The molecule has 0 aromatic carbocycles. The molecule has 0 aromatic rings. The lowest BCUT2D eigenvalue weighted by molar-refractivity contribution is -0.225. The van der Waals surface area contributed by atoms with Gasteiger partial charge in [0.15, 0.2) is 0 Å². The minimum absolute atomic E-state index is 0.0917. The fraction of sp³-hybridized carbons (Fsp3) is 0.897. The van der Waals surface area contributed by atoms with Crippen LogP contribution in [-0.2, 0) is 38.1 Å². The predicted molar refractivity (Wildman–Crippen MR) is 190 cm³/mol. The first-order valence-electron chi connectivity index (χ1n) is 19.8. The number of unbranched alkanes of at least 4 members (excludes halogenated alkanes) is 3. The first-order chi connectivity index (χ1) is 23.9. The quantitative estimate of drug-likeness (QED) is 0.0970. The maximum atomic E-state index is 13.2. The molecule has 0 aliphatic heterocycles. The Labute approximate surface area is 300 Å². The summed E-state index contributed by atoms with van der Waals surface area (Å²) in [6, 6.07) is 0. The van der Waals surface area contributed by atoms with Crippen molar-refractivity contribution < 1.29 is 38.1 Å². The fourth-order valence-electron chi connectivity index (χ4n) is 10.8. The third-order valence-corrected chi connectivity index (χ3v) is 13.4. The van der Waals surface area contributed by atoms with Crippen LogP contribution in [0.3, 0.4) is 0 Å². The third-order valence-electron chi connectivity index (χ3n) is 13.4. The van der Waals surface area contributed by atoms with Crippen molar-refractivity contribution >= 4 is 23.9 Å². The molecule has 1 unspecified atom stereocenters. The van der Waals surface area contributed by atoms with E-state index in [-0.39, 0.29) is 127 Å². The molecule has 6 N–H and O–H groups in total. The van der Waals surface area contributed by atoms with E-state index < -0.39 is 0 Å². The SMILES string of the molecule is CCCCCCOC(=O)CC[C@@H](C)[C@H]1CC[C@H]2[C@H]3C(C[C@H](OC(=O)CCN)[C@]12C)[C@@]1(C)CC[C@@H](OC(=O)CCN)C[C@H]1C[C@H]3OC(=O)CCN. The first-order valence-corrected chi connectivity index (χ1v) is 19.8. The summed E-state index contributed by atoms with van der Waals surface area (Å²) in [7, 11) is 0. The molecular weight excluding hydrogens is 638 g/mol. The monoisotopic (exact) mass is 705 g/mol. The number of fused-ring (bicyclic) bond motifs is 5. The Morgan fingerprint density at radius 1 is 0.740 bits per heavy atom. The topological polar surface area (TPSA) is 183 Å². The Morgan fingerprint density at radius 2 is 1.40 bits per heavy atom. The molecule has 11 nitrogen and oxygen atoms in total. The molecule has 4 aliphatic carbocycles. The van der Waals surface area contributed by atoms with E-state index in [1.165, 1.54) is 0 Å². The second-order valence-electron chi connectivity index (χ2n) is 16.3. The van der Waals surface area contributed by atoms with Crippen LogP contribution < -0.4 is 17.2 Å². The number of hydrogen-bond donors (Lipinski definition) is 3. The minimum atomic E-state index is -0.369. The highest BCUT2D eigenvalue weighted by molar-refractivity contribution is 5.71. The standard InChI is InChI=1S/C39H67N3O8/c1-5-6-7-8-21-47-33(43)12-9-25(2)28-10-11-29-37-30(24-32(39(28,29)4)50-36(46)16-20-42)38(3)17-13-27(48-34(44)14-18-40)22-26(38)23-31(37)49-35(45)15-19-41/h25-32,37H,5-24,40-42H2,1-4H3/t25-,26+,27-,28-,29+,30?,31-,32+,37+,38+,39-/m1/s1. The summed E-state index contributed by atoms with van der Waals surface area (Å²) < 4.78 is 24.2. The molecule has 11 atom stereocenters. The zero-order valence-electron chi connectivity index (χ0n) is 31.3. The van der Waals surface area contributed by atoms with Crippen LogP contribution in [0, 0.1) is 46.3 Å². The van der Waals surface area contributed by atoms with E-state index in [0.29, 0.717) is 38.7 Å². The van der Waals surface area contributed by atoms with Gasteiger partial charge in [-0.05, 0) is 92.8 Å². The molecule has 50 heavy (non-hydrogen) atoms. The van der Waals surface area contributed by atoms with Gasteiger partial charge >= 0.3 is 23.9 Å². The van der Waals surface area contributed by atoms with E-state index in [2.05, 4.69) is 27.7 Å². The van der Waals surface area contributed by atoms with Gasteiger partial charge in [-0.25, -0.2) is 0 Å². The van der Waals surface area contributed by atoms with Crippen molar-refractivity contribution in [3.63, 3.8) is 0 Å². The molecule has 4 rings (SSSR count). The van der Waals surface area contributed by atoms with E-state index in [0.717, 1.165) is 51.4 Å². The molecule has 0 aromatic heterocycles. The number of ether oxygens (including phenoxy) is 4. The highest BCUT2D eigenvalue weighted by Gasteiger charge is 2.67. The van der Waals surface area contributed by atoms with Crippen molar-refractivity contribution in [1.82, 2.24) is 0 Å². The molecule has 286 valence electrons. The predicted octanol–water partition coefficient (Wildman–Crippen LogP) is 5.19. The highest BCUT2D eigenvalue weighted by Crippen LogP contribution is 2.69. The molecule has 11 heteroatoms. The Balaban J connectivity index is 1.61. The number of carbonyl (C=O) groups is 4. The molecule has 4 aliphatic rings. The minimum Gasteiger partial charge on any atom is -0.466 e.